The fraction of sp³-hybridized carbons (Fsp3) is 0.290. The Kier molecular flexibility index (Phi) is 10.4. The highest BCUT2D eigenvalue weighted by atomic mass is 32.2. The SMILES string of the molecule is CCOC(=O)c1ccc(N=C2SC(CC(=O)Nc3ccc(OC)cc3)C(=O)N2CCc2ccc(OC)c(OC)c2)cc1. The van der Waals surface area contributed by atoms with Crippen LogP contribution in [0, 0.1) is 0 Å². The van der Waals surface area contributed by atoms with E-state index in [0.717, 1.165) is 5.56 Å². The summed E-state index contributed by atoms with van der Waals surface area (Å²) in [5.41, 5.74) is 2.54. The summed E-state index contributed by atoms with van der Waals surface area (Å²) in [4.78, 5) is 44.8. The van der Waals surface area contributed by atoms with E-state index in [2.05, 4.69) is 5.32 Å². The van der Waals surface area contributed by atoms with Gasteiger partial charge in [0, 0.05) is 18.7 Å². The van der Waals surface area contributed by atoms with Gasteiger partial charge in [-0.25, -0.2) is 9.79 Å². The van der Waals surface area contributed by atoms with Crippen molar-refractivity contribution in [3.8, 4) is 17.2 Å². The summed E-state index contributed by atoms with van der Waals surface area (Å²) in [5.74, 6) is 0.988. The van der Waals surface area contributed by atoms with Crippen molar-refractivity contribution >= 4 is 46.1 Å². The number of carbonyl (C=O) groups excluding carboxylic acids is 3. The first-order valence-corrected chi connectivity index (χ1v) is 14.2. The second-order valence-electron chi connectivity index (χ2n) is 9.18. The van der Waals surface area contributed by atoms with Gasteiger partial charge in [-0.15, -0.1) is 0 Å². The van der Waals surface area contributed by atoms with Gasteiger partial charge in [-0.3, -0.25) is 14.5 Å². The lowest BCUT2D eigenvalue weighted by atomic mass is 10.1. The van der Waals surface area contributed by atoms with Crippen molar-refractivity contribution in [2.45, 2.75) is 25.0 Å². The Bertz CT molecular complexity index is 1440. The molecule has 4 rings (SSSR count). The fourth-order valence-corrected chi connectivity index (χ4v) is 5.44. The molecule has 42 heavy (non-hydrogen) atoms. The quantitative estimate of drug-likeness (QED) is 0.290. The summed E-state index contributed by atoms with van der Waals surface area (Å²) >= 11 is 1.24. The van der Waals surface area contributed by atoms with E-state index in [1.54, 1.807) is 81.7 Å². The van der Waals surface area contributed by atoms with E-state index in [0.29, 0.717) is 52.3 Å². The average Bonchev–Trinajstić information content (AvgIpc) is 3.29. The summed E-state index contributed by atoms with van der Waals surface area (Å²) in [6, 6.07) is 19.2. The van der Waals surface area contributed by atoms with E-state index in [1.807, 2.05) is 18.2 Å². The molecule has 1 unspecified atom stereocenters. The number of nitrogens with zero attached hydrogens (tertiary/aromatic N) is 2. The predicted octanol–water partition coefficient (Wildman–Crippen LogP) is 5.09. The van der Waals surface area contributed by atoms with Crippen LogP contribution >= 0.6 is 11.8 Å². The highest BCUT2D eigenvalue weighted by molar-refractivity contribution is 8.15. The number of amides is 2. The number of nitrogens with one attached hydrogen (secondary N) is 1. The van der Waals surface area contributed by atoms with Gasteiger partial charge in [0.1, 0.15) is 11.0 Å². The zero-order valence-electron chi connectivity index (χ0n) is 23.9. The molecule has 1 saturated heterocycles. The number of benzene rings is 3. The molecule has 2 amide bonds. The molecule has 0 radical (unpaired) electrons. The highest BCUT2D eigenvalue weighted by Crippen LogP contribution is 2.33. The van der Waals surface area contributed by atoms with E-state index in [9.17, 15) is 14.4 Å². The van der Waals surface area contributed by atoms with Crippen molar-refractivity contribution in [3.05, 3.63) is 77.9 Å². The molecule has 1 heterocycles. The number of methoxy groups -OCH3 is 3. The summed E-state index contributed by atoms with van der Waals surface area (Å²) in [6.07, 6.45) is 0.501. The number of rotatable bonds is 12. The zero-order chi connectivity index (χ0) is 30.1. The van der Waals surface area contributed by atoms with Crippen molar-refractivity contribution in [3.63, 3.8) is 0 Å². The van der Waals surface area contributed by atoms with Crippen molar-refractivity contribution in [1.29, 1.82) is 0 Å². The normalized spacial score (nSPS) is 15.4. The van der Waals surface area contributed by atoms with Crippen molar-refractivity contribution < 1.29 is 33.3 Å². The van der Waals surface area contributed by atoms with E-state index >= 15 is 0 Å². The summed E-state index contributed by atoms with van der Waals surface area (Å²) in [5, 5.41) is 2.67. The van der Waals surface area contributed by atoms with Crippen molar-refractivity contribution in [2.24, 2.45) is 4.99 Å². The van der Waals surface area contributed by atoms with Crippen LogP contribution in [0.2, 0.25) is 0 Å². The Hall–Kier alpha value is -4.51. The zero-order valence-corrected chi connectivity index (χ0v) is 24.7. The first-order valence-electron chi connectivity index (χ1n) is 13.3. The largest absolute Gasteiger partial charge is 0.497 e. The van der Waals surface area contributed by atoms with Gasteiger partial charge < -0.3 is 24.3 Å². The fourth-order valence-electron chi connectivity index (χ4n) is 4.26. The Morgan fingerprint density at radius 1 is 0.929 bits per heavy atom. The molecule has 0 saturated carbocycles. The molecular weight excluding hydrogens is 558 g/mol. The molecular formula is C31H33N3O7S. The van der Waals surface area contributed by atoms with Crippen LogP contribution in [0.5, 0.6) is 17.2 Å². The van der Waals surface area contributed by atoms with Crippen LogP contribution in [0.15, 0.2) is 71.7 Å². The number of aliphatic imine (C=N–C) groups is 1. The third-order valence-electron chi connectivity index (χ3n) is 6.44. The number of hydrogen-bond acceptors (Lipinski definition) is 9. The van der Waals surface area contributed by atoms with Crippen LogP contribution in [-0.4, -0.2) is 67.6 Å². The van der Waals surface area contributed by atoms with Gasteiger partial charge in [0.05, 0.1) is 39.2 Å². The van der Waals surface area contributed by atoms with Gasteiger partial charge in [0.2, 0.25) is 11.8 Å². The van der Waals surface area contributed by atoms with E-state index < -0.39 is 11.2 Å². The van der Waals surface area contributed by atoms with Crippen LogP contribution in [0.25, 0.3) is 0 Å². The van der Waals surface area contributed by atoms with Crippen LogP contribution in [-0.2, 0) is 20.7 Å². The Balaban J connectivity index is 1.52. The molecule has 0 aromatic heterocycles. The summed E-state index contributed by atoms with van der Waals surface area (Å²) < 4.78 is 21.0. The van der Waals surface area contributed by atoms with Gasteiger partial charge in [0.25, 0.3) is 0 Å². The molecule has 1 aliphatic rings. The van der Waals surface area contributed by atoms with Gasteiger partial charge in [-0.2, -0.15) is 0 Å². The molecule has 0 bridgehead atoms. The number of hydrogen-bond donors (Lipinski definition) is 1. The van der Waals surface area contributed by atoms with Crippen LogP contribution < -0.4 is 19.5 Å². The molecule has 1 N–H and O–H groups in total. The first kappa shape index (κ1) is 30.4. The topological polar surface area (TPSA) is 116 Å². The van der Waals surface area contributed by atoms with E-state index in [1.165, 1.54) is 11.8 Å². The maximum Gasteiger partial charge on any atom is 0.338 e. The van der Waals surface area contributed by atoms with Crippen molar-refractivity contribution in [1.82, 2.24) is 4.90 Å². The molecule has 1 atom stereocenters. The lowest BCUT2D eigenvalue weighted by molar-refractivity contribution is -0.128. The number of amidine groups is 1. The molecule has 0 spiro atoms. The predicted molar refractivity (Wildman–Crippen MR) is 162 cm³/mol. The van der Waals surface area contributed by atoms with Gasteiger partial charge in [0.15, 0.2) is 16.7 Å². The number of anilines is 1. The number of carbonyl (C=O) groups is 3. The van der Waals surface area contributed by atoms with Crippen molar-refractivity contribution in [2.75, 3.05) is 39.8 Å². The molecule has 3 aromatic carbocycles. The van der Waals surface area contributed by atoms with Crippen LogP contribution in [0.3, 0.4) is 0 Å². The summed E-state index contributed by atoms with van der Waals surface area (Å²) in [6.45, 7) is 2.37. The third-order valence-corrected chi connectivity index (χ3v) is 7.62. The van der Waals surface area contributed by atoms with Gasteiger partial charge >= 0.3 is 5.97 Å². The number of ether oxygens (including phenoxy) is 4. The smallest absolute Gasteiger partial charge is 0.338 e. The molecule has 220 valence electrons. The minimum Gasteiger partial charge on any atom is -0.497 e. The Morgan fingerprint density at radius 2 is 1.64 bits per heavy atom. The molecule has 10 nitrogen and oxygen atoms in total. The molecule has 0 aliphatic carbocycles. The summed E-state index contributed by atoms with van der Waals surface area (Å²) in [7, 11) is 4.72. The molecule has 1 aliphatic heterocycles. The van der Waals surface area contributed by atoms with E-state index in [4.69, 9.17) is 23.9 Å². The standard InChI is InChI=1S/C31H33N3O7S/c1-5-41-30(37)21-7-9-23(10-8-21)33-31-34(17-16-20-6-15-25(39-3)26(18-20)40-4)29(36)27(42-31)19-28(35)32-22-11-13-24(38-2)14-12-22/h6-15,18,27H,5,16-17,19H2,1-4H3,(H,32,35). The second kappa shape index (κ2) is 14.4. The Labute approximate surface area is 249 Å². The second-order valence-corrected chi connectivity index (χ2v) is 10.3. The monoisotopic (exact) mass is 591 g/mol. The lowest BCUT2D eigenvalue weighted by Crippen LogP contribution is -2.35. The van der Waals surface area contributed by atoms with Gasteiger partial charge in [-0.05, 0) is 79.6 Å². The average molecular weight is 592 g/mol. The first-order chi connectivity index (χ1) is 20.3. The maximum absolute atomic E-state index is 13.6. The maximum atomic E-state index is 13.6. The highest BCUT2D eigenvalue weighted by Gasteiger charge is 2.39. The third kappa shape index (κ3) is 7.61. The minimum atomic E-state index is -0.647. The molecule has 3 aromatic rings. The molecule has 11 heteroatoms. The molecule has 1 fully saturated rings. The van der Waals surface area contributed by atoms with Gasteiger partial charge in [-0.1, -0.05) is 17.8 Å². The van der Waals surface area contributed by atoms with E-state index in [-0.39, 0.29) is 24.8 Å². The lowest BCUT2D eigenvalue weighted by Gasteiger charge is -2.17. The van der Waals surface area contributed by atoms with Crippen LogP contribution in [0.4, 0.5) is 11.4 Å². The minimum absolute atomic E-state index is 0.0246. The van der Waals surface area contributed by atoms with Crippen LogP contribution in [0.1, 0.15) is 29.3 Å². The Morgan fingerprint density at radius 3 is 2.29 bits per heavy atom. The number of thioether (sulfide) groups is 1. The number of esters is 1.